The molecule has 0 aliphatic rings. The van der Waals surface area contributed by atoms with E-state index in [4.69, 9.17) is 11.6 Å². The molecule has 1 N–H and O–H groups in total. The van der Waals surface area contributed by atoms with Gasteiger partial charge in [0.25, 0.3) is 0 Å². The zero-order valence-corrected chi connectivity index (χ0v) is 12.4. The Labute approximate surface area is 121 Å². The lowest BCUT2D eigenvalue weighted by Crippen LogP contribution is -2.27. The van der Waals surface area contributed by atoms with Gasteiger partial charge in [-0.05, 0) is 19.1 Å². The molecule has 1 aromatic heterocycles. The molecule has 0 fully saturated rings. The van der Waals surface area contributed by atoms with Crippen molar-refractivity contribution in [1.29, 1.82) is 0 Å². The Bertz CT molecular complexity index is 710. The minimum absolute atomic E-state index is 0.0133. The molecule has 1 heterocycles. The van der Waals surface area contributed by atoms with E-state index in [9.17, 15) is 12.8 Å². The van der Waals surface area contributed by atoms with E-state index in [2.05, 4.69) is 9.82 Å². The van der Waals surface area contributed by atoms with Gasteiger partial charge in [-0.3, -0.25) is 4.68 Å². The predicted octanol–water partition coefficient (Wildman–Crippen LogP) is 2.25. The summed E-state index contributed by atoms with van der Waals surface area (Å²) >= 11 is 5.91. The number of hydrogen-bond donors (Lipinski definition) is 1. The van der Waals surface area contributed by atoms with Crippen LogP contribution >= 0.6 is 11.6 Å². The summed E-state index contributed by atoms with van der Waals surface area (Å²) in [5.41, 5.74) is 0.113. The molecule has 0 unspecified atom stereocenters. The van der Waals surface area contributed by atoms with Gasteiger partial charge < -0.3 is 0 Å². The Morgan fingerprint density at radius 2 is 2.15 bits per heavy atom. The number of rotatable bonds is 4. The fraction of sp³-hybridized carbons (Fsp3) is 0.250. The second-order valence-corrected chi connectivity index (χ2v) is 6.45. The van der Waals surface area contributed by atoms with Crippen molar-refractivity contribution < 1.29 is 12.8 Å². The summed E-state index contributed by atoms with van der Waals surface area (Å²) in [6.07, 6.45) is 2.58. The Hall–Kier alpha value is -1.44. The van der Waals surface area contributed by atoms with Crippen LogP contribution < -0.4 is 4.72 Å². The van der Waals surface area contributed by atoms with Gasteiger partial charge >= 0.3 is 0 Å². The van der Waals surface area contributed by atoms with Gasteiger partial charge in [0.2, 0.25) is 10.0 Å². The highest BCUT2D eigenvalue weighted by atomic mass is 35.5. The van der Waals surface area contributed by atoms with Crippen molar-refractivity contribution >= 4 is 21.6 Å². The highest BCUT2D eigenvalue weighted by molar-refractivity contribution is 7.89. The van der Waals surface area contributed by atoms with Crippen molar-refractivity contribution in [2.45, 2.75) is 17.9 Å². The average molecular weight is 318 g/mol. The van der Waals surface area contributed by atoms with Crippen molar-refractivity contribution in [2.24, 2.45) is 7.05 Å². The predicted molar refractivity (Wildman–Crippen MR) is 73.4 cm³/mol. The highest BCUT2D eigenvalue weighted by Gasteiger charge is 2.23. The van der Waals surface area contributed by atoms with Crippen LogP contribution in [0.15, 0.2) is 35.5 Å². The van der Waals surface area contributed by atoms with Crippen LogP contribution in [0.5, 0.6) is 0 Å². The molecule has 1 aromatic carbocycles. The molecule has 0 radical (unpaired) electrons. The first kappa shape index (κ1) is 15.0. The van der Waals surface area contributed by atoms with Crippen LogP contribution in [0.4, 0.5) is 4.39 Å². The Morgan fingerprint density at radius 1 is 1.45 bits per heavy atom. The Balaban J connectivity index is 2.30. The van der Waals surface area contributed by atoms with E-state index in [0.717, 1.165) is 0 Å². The summed E-state index contributed by atoms with van der Waals surface area (Å²) in [4.78, 5) is 0.0133. The first-order chi connectivity index (χ1) is 9.31. The number of aromatic nitrogens is 2. The summed E-state index contributed by atoms with van der Waals surface area (Å²) < 4.78 is 41.7. The van der Waals surface area contributed by atoms with E-state index in [1.54, 1.807) is 7.05 Å². The minimum Gasteiger partial charge on any atom is -0.274 e. The number of nitrogens with one attached hydrogen (secondary N) is 1. The van der Waals surface area contributed by atoms with Crippen LogP contribution in [0, 0.1) is 5.82 Å². The smallest absolute Gasteiger partial charge is 0.244 e. The zero-order valence-electron chi connectivity index (χ0n) is 10.8. The van der Waals surface area contributed by atoms with Crippen LogP contribution in [0.25, 0.3) is 0 Å². The van der Waals surface area contributed by atoms with E-state index in [-0.39, 0.29) is 15.5 Å². The summed E-state index contributed by atoms with van der Waals surface area (Å²) in [7, 11) is -2.17. The molecule has 0 aliphatic carbocycles. The molecular formula is C12H13ClFN3O2S. The van der Waals surface area contributed by atoms with Crippen molar-refractivity contribution in [3.8, 4) is 0 Å². The standard InChI is InChI=1S/C12H13ClFN3O2S/c1-8(12-10(13)4-3-5-11(12)14)16-20(18,19)9-6-15-17(2)7-9/h3-8,16H,1-2H3/t8-/m1/s1. The van der Waals surface area contributed by atoms with E-state index in [1.165, 1.54) is 42.2 Å². The maximum atomic E-state index is 13.7. The van der Waals surface area contributed by atoms with Crippen molar-refractivity contribution in [3.05, 3.63) is 47.0 Å². The van der Waals surface area contributed by atoms with Crippen LogP contribution in [-0.2, 0) is 17.1 Å². The number of nitrogens with zero attached hydrogens (tertiary/aromatic N) is 2. The maximum absolute atomic E-state index is 13.7. The van der Waals surface area contributed by atoms with Gasteiger partial charge in [0.15, 0.2) is 0 Å². The topological polar surface area (TPSA) is 64.0 Å². The van der Waals surface area contributed by atoms with E-state index in [1.807, 2.05) is 0 Å². The van der Waals surface area contributed by atoms with E-state index in [0.29, 0.717) is 0 Å². The van der Waals surface area contributed by atoms with Crippen molar-refractivity contribution in [2.75, 3.05) is 0 Å². The normalized spacial score (nSPS) is 13.4. The van der Waals surface area contributed by atoms with Gasteiger partial charge in [-0.15, -0.1) is 0 Å². The molecule has 2 rings (SSSR count). The van der Waals surface area contributed by atoms with Gasteiger partial charge in [0.05, 0.1) is 6.20 Å². The largest absolute Gasteiger partial charge is 0.274 e. The minimum atomic E-state index is -3.78. The lowest BCUT2D eigenvalue weighted by atomic mass is 10.1. The monoisotopic (exact) mass is 317 g/mol. The molecule has 20 heavy (non-hydrogen) atoms. The van der Waals surface area contributed by atoms with Gasteiger partial charge in [0, 0.05) is 29.9 Å². The van der Waals surface area contributed by atoms with Crippen molar-refractivity contribution in [3.63, 3.8) is 0 Å². The molecule has 5 nitrogen and oxygen atoms in total. The molecule has 1 atom stereocenters. The molecule has 0 bridgehead atoms. The first-order valence-corrected chi connectivity index (χ1v) is 7.62. The van der Waals surface area contributed by atoms with Gasteiger partial charge in [-0.2, -0.15) is 5.10 Å². The molecule has 108 valence electrons. The third-order valence-corrected chi connectivity index (χ3v) is 4.58. The molecule has 8 heteroatoms. The third kappa shape index (κ3) is 3.00. The van der Waals surface area contributed by atoms with Crippen LogP contribution in [0.1, 0.15) is 18.5 Å². The zero-order chi connectivity index (χ0) is 14.9. The molecule has 0 amide bonds. The van der Waals surface area contributed by atoms with Crippen LogP contribution in [-0.4, -0.2) is 18.2 Å². The summed E-state index contributed by atoms with van der Waals surface area (Å²) in [6.45, 7) is 1.53. The number of halogens is 2. The lowest BCUT2D eigenvalue weighted by molar-refractivity contribution is 0.550. The SMILES string of the molecule is C[C@@H](NS(=O)(=O)c1cnn(C)c1)c1c(F)cccc1Cl. The molecular weight excluding hydrogens is 305 g/mol. The number of sulfonamides is 1. The fourth-order valence-electron chi connectivity index (χ4n) is 1.82. The van der Waals surface area contributed by atoms with Crippen LogP contribution in [0.2, 0.25) is 5.02 Å². The Kier molecular flexibility index (Phi) is 4.12. The molecule has 0 saturated heterocycles. The number of aryl methyl sites for hydroxylation is 1. The quantitative estimate of drug-likeness (QED) is 0.940. The number of benzene rings is 1. The third-order valence-electron chi connectivity index (χ3n) is 2.76. The lowest BCUT2D eigenvalue weighted by Gasteiger charge is -2.15. The van der Waals surface area contributed by atoms with Gasteiger partial charge in [-0.1, -0.05) is 17.7 Å². The maximum Gasteiger partial charge on any atom is 0.244 e. The summed E-state index contributed by atoms with van der Waals surface area (Å²) in [5, 5.41) is 3.97. The second kappa shape index (κ2) is 5.51. The molecule has 0 aliphatic heterocycles. The van der Waals surface area contributed by atoms with Gasteiger partial charge in [-0.25, -0.2) is 17.5 Å². The van der Waals surface area contributed by atoms with E-state index >= 15 is 0 Å². The number of hydrogen-bond acceptors (Lipinski definition) is 3. The molecule has 0 spiro atoms. The Morgan fingerprint density at radius 3 is 2.70 bits per heavy atom. The summed E-state index contributed by atoms with van der Waals surface area (Å²) in [6, 6.07) is 3.41. The average Bonchev–Trinajstić information content (AvgIpc) is 2.75. The second-order valence-electron chi connectivity index (χ2n) is 4.33. The highest BCUT2D eigenvalue weighted by Crippen LogP contribution is 2.26. The van der Waals surface area contributed by atoms with E-state index < -0.39 is 21.9 Å². The summed E-state index contributed by atoms with van der Waals surface area (Å²) in [5.74, 6) is -0.557. The van der Waals surface area contributed by atoms with Crippen molar-refractivity contribution in [1.82, 2.24) is 14.5 Å². The fourth-order valence-corrected chi connectivity index (χ4v) is 3.34. The van der Waals surface area contributed by atoms with Gasteiger partial charge in [0.1, 0.15) is 10.7 Å². The molecule has 2 aromatic rings. The first-order valence-electron chi connectivity index (χ1n) is 5.76. The van der Waals surface area contributed by atoms with Crippen LogP contribution in [0.3, 0.4) is 0 Å². The molecule has 0 saturated carbocycles.